The van der Waals surface area contributed by atoms with Crippen molar-refractivity contribution in [3.05, 3.63) is 36.5 Å². The van der Waals surface area contributed by atoms with E-state index in [1.807, 2.05) is 0 Å². The third-order valence-corrected chi connectivity index (χ3v) is 8.45. The molecule has 0 unspecified atom stereocenters. The number of carbonyl (C=O) groups excluding carboxylic acids is 2. The summed E-state index contributed by atoms with van der Waals surface area (Å²) in [6.07, 6.45) is 49.0. The Morgan fingerprint density at radius 3 is 1.33 bits per heavy atom. The third-order valence-electron chi connectivity index (χ3n) is 8.45. The Morgan fingerprint density at radius 1 is 0.444 bits per heavy atom. The van der Waals surface area contributed by atoms with Gasteiger partial charge in [-0.2, -0.15) is 0 Å². The van der Waals surface area contributed by atoms with Crippen molar-refractivity contribution < 1.29 is 19.1 Å². The van der Waals surface area contributed by atoms with E-state index in [0.717, 1.165) is 57.8 Å². The Balaban J connectivity index is 3.32. The Bertz CT molecular complexity index is 708. The minimum Gasteiger partial charge on any atom is -0.434 e. The lowest BCUT2D eigenvalue weighted by Crippen LogP contribution is -2.14. The van der Waals surface area contributed by atoms with Gasteiger partial charge in [-0.3, -0.25) is 4.79 Å². The van der Waals surface area contributed by atoms with Gasteiger partial charge < -0.3 is 9.47 Å². The second kappa shape index (κ2) is 38.3. The molecule has 0 aliphatic rings. The van der Waals surface area contributed by atoms with Crippen LogP contribution in [0.25, 0.3) is 0 Å². The summed E-state index contributed by atoms with van der Waals surface area (Å²) in [4.78, 5) is 23.6. The molecule has 0 spiro atoms. The summed E-state index contributed by atoms with van der Waals surface area (Å²) in [5.74, 6) is -0.468. The highest BCUT2D eigenvalue weighted by Gasteiger charge is 2.11. The van der Waals surface area contributed by atoms with Crippen LogP contribution in [0.2, 0.25) is 0 Å². The zero-order valence-corrected chi connectivity index (χ0v) is 30.0. The van der Waals surface area contributed by atoms with Gasteiger partial charge in [0.1, 0.15) is 0 Å². The number of ether oxygens (including phenoxy) is 2. The lowest BCUT2D eigenvalue weighted by molar-refractivity contribution is -0.139. The monoisotopic (exact) mass is 631 g/mol. The molecule has 0 saturated heterocycles. The van der Waals surface area contributed by atoms with Gasteiger partial charge in [0.05, 0.1) is 6.61 Å². The maximum Gasteiger partial charge on any atom is 0.516 e. The lowest BCUT2D eigenvalue weighted by Gasteiger charge is -2.06. The first-order valence-electron chi connectivity index (χ1n) is 19.5. The van der Waals surface area contributed by atoms with Crippen LogP contribution in [0, 0.1) is 0 Å². The zero-order chi connectivity index (χ0) is 32.7. The van der Waals surface area contributed by atoms with Crippen LogP contribution in [-0.2, 0) is 14.3 Å². The van der Waals surface area contributed by atoms with Crippen molar-refractivity contribution in [3.63, 3.8) is 0 Å². The lowest BCUT2D eigenvalue weighted by atomic mass is 10.0. The average Bonchev–Trinajstić information content (AvgIpc) is 3.03. The van der Waals surface area contributed by atoms with Crippen molar-refractivity contribution in [3.8, 4) is 0 Å². The predicted octanol–water partition coefficient (Wildman–Crippen LogP) is 14.1. The maximum atomic E-state index is 11.9. The Labute approximate surface area is 280 Å². The molecule has 0 saturated carbocycles. The molecule has 262 valence electrons. The van der Waals surface area contributed by atoms with Crippen LogP contribution in [0.1, 0.15) is 206 Å². The van der Waals surface area contributed by atoms with Crippen molar-refractivity contribution in [2.75, 3.05) is 6.61 Å². The van der Waals surface area contributed by atoms with Crippen molar-refractivity contribution >= 4 is 12.1 Å². The van der Waals surface area contributed by atoms with Gasteiger partial charge >= 0.3 is 12.1 Å². The summed E-state index contributed by atoms with van der Waals surface area (Å²) in [6.45, 7) is 4.78. The highest BCUT2D eigenvalue weighted by Crippen LogP contribution is 2.15. The van der Waals surface area contributed by atoms with Crippen LogP contribution in [0.4, 0.5) is 4.79 Å². The van der Waals surface area contributed by atoms with E-state index in [1.165, 1.54) is 128 Å². The van der Waals surface area contributed by atoms with E-state index in [9.17, 15) is 9.59 Å². The van der Waals surface area contributed by atoms with Gasteiger partial charge in [0.15, 0.2) is 0 Å². The first-order valence-corrected chi connectivity index (χ1v) is 19.5. The van der Waals surface area contributed by atoms with Crippen LogP contribution in [-0.4, -0.2) is 18.7 Å². The molecule has 0 rings (SSSR count). The average molecular weight is 631 g/mol. The van der Waals surface area contributed by atoms with Gasteiger partial charge in [-0.1, -0.05) is 192 Å². The molecule has 0 N–H and O–H groups in total. The van der Waals surface area contributed by atoms with Crippen molar-refractivity contribution in [2.24, 2.45) is 0 Å². The highest BCUT2D eigenvalue weighted by atomic mass is 16.7. The second-order valence-electron chi connectivity index (χ2n) is 12.9. The SMILES string of the molecule is CC/C=C\C/C=C\C/C=C\CCCCCCCC(=O)OC(=O)OCCCCCCCCCCCCCCCCCCCCCC. The fraction of sp³-hybridized carbons (Fsp3) is 0.805. The molecule has 0 aromatic carbocycles. The summed E-state index contributed by atoms with van der Waals surface area (Å²) in [5.41, 5.74) is 0. The van der Waals surface area contributed by atoms with E-state index < -0.39 is 12.1 Å². The molecule has 0 bridgehead atoms. The molecular weight excluding hydrogens is 556 g/mol. The fourth-order valence-corrected chi connectivity index (χ4v) is 5.57. The molecule has 45 heavy (non-hydrogen) atoms. The minimum atomic E-state index is -0.836. The third kappa shape index (κ3) is 38.3. The first kappa shape index (κ1) is 43.2. The normalized spacial score (nSPS) is 11.8. The smallest absolute Gasteiger partial charge is 0.434 e. The summed E-state index contributed by atoms with van der Waals surface area (Å²) in [7, 11) is 0. The molecule has 4 nitrogen and oxygen atoms in total. The number of carbonyl (C=O) groups is 2. The standard InChI is InChI=1S/C41H74O4/c1-3-5-7-9-11-13-15-17-19-20-21-22-23-25-27-29-31-33-35-37-39-44-41(43)45-40(42)38-36-34-32-30-28-26-24-18-16-14-12-10-8-6-4-2/h6,8,12,14,18,24H,3-5,7,9-11,13,15-17,19-23,25-39H2,1-2H3/b8-6-,14-12-,24-18-. The Kier molecular flexibility index (Phi) is 36.8. The number of hydrogen-bond acceptors (Lipinski definition) is 4. The van der Waals surface area contributed by atoms with Gasteiger partial charge in [0.25, 0.3) is 0 Å². The van der Waals surface area contributed by atoms with Crippen LogP contribution >= 0.6 is 0 Å². The molecule has 0 radical (unpaired) electrons. The molecule has 0 amide bonds. The van der Waals surface area contributed by atoms with Gasteiger partial charge in [-0.05, 0) is 44.9 Å². The van der Waals surface area contributed by atoms with E-state index >= 15 is 0 Å². The molecule has 0 fully saturated rings. The predicted molar refractivity (Wildman–Crippen MR) is 195 cm³/mol. The second-order valence-corrected chi connectivity index (χ2v) is 12.9. The van der Waals surface area contributed by atoms with Crippen molar-refractivity contribution in [1.82, 2.24) is 0 Å². The van der Waals surface area contributed by atoms with Gasteiger partial charge in [0, 0.05) is 6.42 Å². The van der Waals surface area contributed by atoms with Crippen LogP contribution < -0.4 is 0 Å². The number of rotatable bonds is 34. The molecule has 0 aliphatic carbocycles. The molecule has 0 aromatic rings. The number of esters is 1. The first-order chi connectivity index (χ1) is 22.2. The zero-order valence-electron chi connectivity index (χ0n) is 30.0. The minimum absolute atomic E-state index is 0.286. The molecule has 0 atom stereocenters. The number of hydrogen-bond donors (Lipinski definition) is 0. The molecule has 0 aromatic heterocycles. The number of unbranched alkanes of at least 4 members (excludes halogenated alkanes) is 24. The fourth-order valence-electron chi connectivity index (χ4n) is 5.57. The van der Waals surface area contributed by atoms with Crippen LogP contribution in [0.3, 0.4) is 0 Å². The summed E-state index contributed by atoms with van der Waals surface area (Å²) in [6, 6.07) is 0. The van der Waals surface area contributed by atoms with Gasteiger partial charge in [-0.15, -0.1) is 0 Å². The Morgan fingerprint density at radius 2 is 0.844 bits per heavy atom. The van der Waals surface area contributed by atoms with E-state index in [0.29, 0.717) is 6.61 Å². The largest absolute Gasteiger partial charge is 0.516 e. The van der Waals surface area contributed by atoms with Crippen molar-refractivity contribution in [1.29, 1.82) is 0 Å². The van der Waals surface area contributed by atoms with E-state index in [1.54, 1.807) is 0 Å². The quantitative estimate of drug-likeness (QED) is 0.0307. The molecular formula is C41H74O4. The van der Waals surface area contributed by atoms with E-state index in [2.05, 4.69) is 50.3 Å². The number of allylic oxidation sites excluding steroid dienone is 6. The van der Waals surface area contributed by atoms with E-state index in [-0.39, 0.29) is 6.42 Å². The van der Waals surface area contributed by atoms with Gasteiger partial charge in [0.2, 0.25) is 0 Å². The van der Waals surface area contributed by atoms with E-state index in [4.69, 9.17) is 9.47 Å². The molecule has 4 heteroatoms. The topological polar surface area (TPSA) is 52.6 Å². The summed E-state index contributed by atoms with van der Waals surface area (Å²) in [5, 5.41) is 0. The van der Waals surface area contributed by atoms with Gasteiger partial charge in [-0.25, -0.2) is 4.79 Å². The molecule has 0 heterocycles. The highest BCUT2D eigenvalue weighted by molar-refractivity contribution is 5.81. The van der Waals surface area contributed by atoms with Crippen molar-refractivity contribution in [2.45, 2.75) is 206 Å². The summed E-state index contributed by atoms with van der Waals surface area (Å²) < 4.78 is 9.88. The van der Waals surface area contributed by atoms with Crippen LogP contribution in [0.5, 0.6) is 0 Å². The maximum absolute atomic E-state index is 11.9. The molecule has 0 aliphatic heterocycles. The summed E-state index contributed by atoms with van der Waals surface area (Å²) >= 11 is 0. The Hall–Kier alpha value is -1.84. The van der Waals surface area contributed by atoms with Crippen LogP contribution in [0.15, 0.2) is 36.5 Å².